The van der Waals surface area contributed by atoms with Crippen molar-refractivity contribution in [3.8, 4) is 45.0 Å². The van der Waals surface area contributed by atoms with Gasteiger partial charge in [0.2, 0.25) is 0 Å². The second-order valence-electron chi connectivity index (χ2n) is 12.5. The number of fused-ring (bicyclic) bond motifs is 3. The Morgan fingerprint density at radius 2 is 1.14 bits per heavy atom. The van der Waals surface area contributed by atoms with Crippen LogP contribution >= 0.6 is 0 Å². The summed E-state index contributed by atoms with van der Waals surface area (Å²) >= 11 is 0. The van der Waals surface area contributed by atoms with Crippen molar-refractivity contribution >= 4 is 5.57 Å². The Kier molecular flexibility index (Phi) is 7.13. The summed E-state index contributed by atoms with van der Waals surface area (Å²) in [7, 11) is 0. The van der Waals surface area contributed by atoms with Gasteiger partial charge in [-0.1, -0.05) is 146 Å². The van der Waals surface area contributed by atoms with Crippen LogP contribution in [0.2, 0.25) is 0 Å². The minimum absolute atomic E-state index is 0.510. The lowest BCUT2D eigenvalue weighted by Crippen LogP contribution is -2.28. The Hall–Kier alpha value is -6.26. The number of hydrogen-bond acceptors (Lipinski definition) is 4. The molecule has 49 heavy (non-hydrogen) atoms. The van der Waals surface area contributed by atoms with Crippen molar-refractivity contribution in [2.24, 2.45) is 0 Å². The zero-order chi connectivity index (χ0) is 32.6. The highest BCUT2D eigenvalue weighted by Gasteiger charge is 2.46. The van der Waals surface area contributed by atoms with Crippen LogP contribution in [0.3, 0.4) is 0 Å². The van der Waals surface area contributed by atoms with Crippen LogP contribution in [0.15, 0.2) is 170 Å². The molecule has 0 amide bonds. The summed E-state index contributed by atoms with van der Waals surface area (Å²) in [6, 6.07) is 49.4. The highest BCUT2D eigenvalue weighted by Crippen LogP contribution is 2.58. The van der Waals surface area contributed by atoms with E-state index in [-0.39, 0.29) is 0 Å². The molecule has 1 unspecified atom stereocenters. The molecule has 232 valence electrons. The molecule has 5 aromatic carbocycles. The van der Waals surface area contributed by atoms with Crippen LogP contribution in [0, 0.1) is 0 Å². The summed E-state index contributed by atoms with van der Waals surface area (Å²) in [4.78, 5) is 19.6. The van der Waals surface area contributed by atoms with Crippen molar-refractivity contribution in [3.05, 3.63) is 198 Å². The predicted octanol–water partition coefficient (Wildman–Crippen LogP) is 10.4. The zero-order valence-corrected chi connectivity index (χ0v) is 26.9. The van der Waals surface area contributed by atoms with E-state index in [1.807, 2.05) is 36.7 Å². The van der Waals surface area contributed by atoms with Crippen LogP contribution < -0.4 is 0 Å². The van der Waals surface area contributed by atoms with Gasteiger partial charge in [-0.2, -0.15) is 0 Å². The number of benzene rings is 5. The van der Waals surface area contributed by atoms with Gasteiger partial charge in [0.1, 0.15) is 0 Å². The van der Waals surface area contributed by atoms with Crippen LogP contribution in [0.1, 0.15) is 40.9 Å². The normalized spacial score (nSPS) is 16.1. The molecule has 2 aliphatic carbocycles. The van der Waals surface area contributed by atoms with Crippen molar-refractivity contribution in [2.75, 3.05) is 0 Å². The SMILES string of the molecule is C1=CC(c2nc(-c3ccccc3)nc(-c3cccc(-c4cccc5c4-c4ccccc4C5(c4ccccc4)c4cccnc4)c3)n2)=CCC1. The van der Waals surface area contributed by atoms with Gasteiger partial charge >= 0.3 is 0 Å². The fourth-order valence-electron chi connectivity index (χ4n) is 7.59. The maximum atomic E-state index is 5.05. The van der Waals surface area contributed by atoms with Crippen LogP contribution in [0.5, 0.6) is 0 Å². The van der Waals surface area contributed by atoms with Crippen molar-refractivity contribution in [3.63, 3.8) is 0 Å². The van der Waals surface area contributed by atoms with E-state index in [0.29, 0.717) is 17.5 Å². The first-order valence-electron chi connectivity index (χ1n) is 16.8. The monoisotopic (exact) mass is 628 g/mol. The van der Waals surface area contributed by atoms with E-state index in [1.165, 1.54) is 33.4 Å². The van der Waals surface area contributed by atoms with Gasteiger partial charge in [0.25, 0.3) is 0 Å². The molecule has 9 rings (SSSR count). The number of aromatic nitrogens is 4. The maximum Gasteiger partial charge on any atom is 0.164 e. The quantitative estimate of drug-likeness (QED) is 0.184. The summed E-state index contributed by atoms with van der Waals surface area (Å²) in [6.45, 7) is 0. The first-order valence-corrected chi connectivity index (χ1v) is 16.8. The Bertz CT molecular complexity index is 2340. The topological polar surface area (TPSA) is 51.6 Å². The average molecular weight is 629 g/mol. The lowest BCUT2D eigenvalue weighted by molar-refractivity contribution is 0.763. The maximum absolute atomic E-state index is 5.05. The first-order chi connectivity index (χ1) is 24.3. The average Bonchev–Trinajstić information content (AvgIpc) is 3.50. The predicted molar refractivity (Wildman–Crippen MR) is 198 cm³/mol. The van der Waals surface area contributed by atoms with E-state index in [1.54, 1.807) is 0 Å². The number of nitrogens with zero attached hydrogens (tertiary/aromatic N) is 4. The number of rotatable bonds is 6. The molecule has 0 fully saturated rings. The number of allylic oxidation sites excluding steroid dienone is 4. The molecule has 0 N–H and O–H groups in total. The van der Waals surface area contributed by atoms with Gasteiger partial charge < -0.3 is 0 Å². The highest BCUT2D eigenvalue weighted by molar-refractivity contribution is 5.95. The minimum Gasteiger partial charge on any atom is -0.264 e. The fourth-order valence-corrected chi connectivity index (χ4v) is 7.59. The van der Waals surface area contributed by atoms with Gasteiger partial charge in [0, 0.05) is 29.1 Å². The van der Waals surface area contributed by atoms with Gasteiger partial charge in [-0.3, -0.25) is 4.98 Å². The third-order valence-electron chi connectivity index (χ3n) is 9.72. The van der Waals surface area contributed by atoms with E-state index in [9.17, 15) is 0 Å². The van der Waals surface area contributed by atoms with Crippen LogP contribution in [0.25, 0.3) is 50.6 Å². The summed E-state index contributed by atoms with van der Waals surface area (Å²) in [5.74, 6) is 2.03. The molecule has 4 heteroatoms. The minimum atomic E-state index is -0.510. The summed E-state index contributed by atoms with van der Waals surface area (Å²) in [5, 5.41) is 0. The number of hydrogen-bond donors (Lipinski definition) is 0. The second-order valence-corrected chi connectivity index (χ2v) is 12.5. The molecule has 0 spiro atoms. The molecular weight excluding hydrogens is 597 g/mol. The van der Waals surface area contributed by atoms with E-state index < -0.39 is 5.41 Å². The standard InChI is InChI=1S/C45H32N4/c1-4-15-31(16-5-1)42-47-43(32-17-6-2-7-18-32)49-44(48-42)34-20-12-19-33(29-34)37-25-13-27-40-41(37)38-24-10-11-26-39(38)45(40,35-21-8-3-9-22-35)36-23-14-28-46-30-36/h1,3-6,8-30H,2,7H2. The second kappa shape index (κ2) is 12.1. The molecular formula is C45H32N4. The van der Waals surface area contributed by atoms with Gasteiger partial charge in [0.05, 0.1) is 5.41 Å². The highest BCUT2D eigenvalue weighted by atomic mass is 15.0. The third-order valence-corrected chi connectivity index (χ3v) is 9.72. The van der Waals surface area contributed by atoms with Crippen molar-refractivity contribution in [2.45, 2.75) is 18.3 Å². The molecule has 2 aromatic heterocycles. The van der Waals surface area contributed by atoms with E-state index in [0.717, 1.165) is 40.7 Å². The Balaban J connectivity index is 1.25. The molecule has 0 aliphatic heterocycles. The molecule has 0 radical (unpaired) electrons. The van der Waals surface area contributed by atoms with Gasteiger partial charge in [-0.25, -0.2) is 15.0 Å². The molecule has 0 bridgehead atoms. The molecule has 4 nitrogen and oxygen atoms in total. The molecule has 1 atom stereocenters. The van der Waals surface area contributed by atoms with Gasteiger partial charge in [-0.05, 0) is 69.5 Å². The Morgan fingerprint density at radius 1 is 0.490 bits per heavy atom. The third kappa shape index (κ3) is 4.84. The lowest BCUT2D eigenvalue weighted by Gasteiger charge is -2.33. The van der Waals surface area contributed by atoms with Crippen LogP contribution in [-0.4, -0.2) is 19.9 Å². The van der Waals surface area contributed by atoms with Crippen LogP contribution in [0.4, 0.5) is 0 Å². The smallest absolute Gasteiger partial charge is 0.164 e. The first kappa shape index (κ1) is 28.9. The zero-order valence-electron chi connectivity index (χ0n) is 26.9. The van der Waals surface area contributed by atoms with Crippen LogP contribution in [-0.2, 0) is 5.41 Å². The molecule has 2 aliphatic rings. The summed E-state index contributed by atoms with van der Waals surface area (Å²) in [5.41, 5.74) is 12.1. The van der Waals surface area contributed by atoms with Gasteiger partial charge in [0.15, 0.2) is 17.5 Å². The van der Waals surface area contributed by atoms with Gasteiger partial charge in [-0.15, -0.1) is 0 Å². The molecule has 0 saturated carbocycles. The largest absolute Gasteiger partial charge is 0.264 e. The number of pyridine rings is 1. The Morgan fingerprint density at radius 3 is 1.94 bits per heavy atom. The van der Waals surface area contributed by atoms with E-state index >= 15 is 0 Å². The van der Waals surface area contributed by atoms with Crippen molar-refractivity contribution < 1.29 is 0 Å². The molecule has 2 heterocycles. The molecule has 7 aromatic rings. The fraction of sp³-hybridized carbons (Fsp3) is 0.0667. The lowest BCUT2D eigenvalue weighted by atomic mass is 9.68. The van der Waals surface area contributed by atoms with Crippen molar-refractivity contribution in [1.29, 1.82) is 0 Å². The summed E-state index contributed by atoms with van der Waals surface area (Å²) < 4.78 is 0. The van der Waals surface area contributed by atoms with Crippen molar-refractivity contribution in [1.82, 2.24) is 19.9 Å². The molecule has 0 saturated heterocycles. The Labute approximate surface area is 286 Å². The van der Waals surface area contributed by atoms with E-state index in [4.69, 9.17) is 15.0 Å². The summed E-state index contributed by atoms with van der Waals surface area (Å²) in [6.07, 6.45) is 12.4. The van der Waals surface area contributed by atoms with E-state index in [2.05, 4.69) is 138 Å².